The van der Waals surface area contributed by atoms with Gasteiger partial charge in [0.05, 0.1) is 18.0 Å². The van der Waals surface area contributed by atoms with Crippen LogP contribution in [0.5, 0.6) is 5.75 Å². The molecule has 146 valence electrons. The van der Waals surface area contributed by atoms with E-state index in [0.29, 0.717) is 6.61 Å². The Balaban J connectivity index is 1.81. The van der Waals surface area contributed by atoms with Gasteiger partial charge in [0.25, 0.3) is 0 Å². The van der Waals surface area contributed by atoms with Gasteiger partial charge in [-0.05, 0) is 62.2 Å². The maximum Gasteiger partial charge on any atom is 0.151 e. The third kappa shape index (κ3) is 2.79. The van der Waals surface area contributed by atoms with Crippen molar-refractivity contribution in [3.63, 3.8) is 0 Å². The normalized spacial score (nSPS) is 15.0. The Morgan fingerprint density at radius 3 is 2.69 bits per heavy atom. The minimum Gasteiger partial charge on any atom is -0.493 e. The zero-order chi connectivity index (χ0) is 20.1. The molecule has 0 saturated carbocycles. The van der Waals surface area contributed by atoms with Crippen LogP contribution in [0.4, 0.5) is 5.69 Å². The second-order valence-electron chi connectivity index (χ2n) is 7.80. The minimum absolute atomic E-state index is 0.139. The Morgan fingerprint density at radius 1 is 1.03 bits per heavy atom. The van der Waals surface area contributed by atoms with Gasteiger partial charge in [-0.1, -0.05) is 42.0 Å². The summed E-state index contributed by atoms with van der Waals surface area (Å²) in [7, 11) is 0. The molecule has 1 aromatic heterocycles. The van der Waals surface area contributed by atoms with Crippen molar-refractivity contribution >= 4 is 16.5 Å². The number of aryl methyl sites for hydroxylation is 3. The fraction of sp³-hybridized carbons (Fsp3) is 0.240. The Labute approximate surface area is 171 Å². The molecule has 0 bridgehead atoms. The van der Waals surface area contributed by atoms with Crippen molar-refractivity contribution in [2.75, 3.05) is 11.9 Å². The summed E-state index contributed by atoms with van der Waals surface area (Å²) in [6, 6.07) is 19.3. The van der Waals surface area contributed by atoms with Gasteiger partial charge >= 0.3 is 0 Å². The van der Waals surface area contributed by atoms with Gasteiger partial charge in [0.1, 0.15) is 5.75 Å². The van der Waals surface area contributed by atoms with Crippen molar-refractivity contribution in [1.82, 2.24) is 9.78 Å². The number of nitrogens with one attached hydrogen (secondary N) is 1. The first-order valence-corrected chi connectivity index (χ1v) is 10.2. The van der Waals surface area contributed by atoms with Crippen LogP contribution in [0.2, 0.25) is 0 Å². The van der Waals surface area contributed by atoms with E-state index in [4.69, 9.17) is 9.84 Å². The molecular formula is C25H25N3O. The Bertz CT molecular complexity index is 1240. The van der Waals surface area contributed by atoms with Crippen molar-refractivity contribution in [3.05, 3.63) is 77.0 Å². The van der Waals surface area contributed by atoms with Crippen molar-refractivity contribution < 1.29 is 4.74 Å². The van der Waals surface area contributed by atoms with Crippen LogP contribution in [0.3, 0.4) is 0 Å². The van der Waals surface area contributed by atoms with Crippen LogP contribution < -0.4 is 10.1 Å². The molecule has 0 saturated heterocycles. The summed E-state index contributed by atoms with van der Waals surface area (Å²) in [4.78, 5) is 0. The van der Waals surface area contributed by atoms with Gasteiger partial charge in [-0.25, -0.2) is 4.68 Å². The molecule has 0 fully saturated rings. The maximum absolute atomic E-state index is 6.08. The molecule has 0 radical (unpaired) electrons. The first kappa shape index (κ1) is 17.8. The maximum atomic E-state index is 6.08. The molecule has 4 aromatic rings. The van der Waals surface area contributed by atoms with E-state index in [2.05, 4.69) is 85.4 Å². The molecule has 5 rings (SSSR count). The molecule has 0 aliphatic carbocycles. The molecule has 0 spiro atoms. The zero-order valence-corrected chi connectivity index (χ0v) is 17.3. The first-order valence-electron chi connectivity index (χ1n) is 10.2. The largest absolute Gasteiger partial charge is 0.493 e. The highest BCUT2D eigenvalue weighted by atomic mass is 16.5. The predicted molar refractivity (Wildman–Crippen MR) is 119 cm³/mol. The van der Waals surface area contributed by atoms with Crippen LogP contribution in [-0.4, -0.2) is 16.4 Å². The molecule has 1 aliphatic heterocycles. The predicted octanol–water partition coefficient (Wildman–Crippen LogP) is 6.00. The minimum atomic E-state index is -0.139. The van der Waals surface area contributed by atoms with Crippen LogP contribution in [0.15, 0.2) is 54.6 Å². The van der Waals surface area contributed by atoms with E-state index in [1.165, 1.54) is 33.2 Å². The lowest BCUT2D eigenvalue weighted by atomic mass is 9.95. The Kier molecular flexibility index (Phi) is 4.09. The Morgan fingerprint density at radius 2 is 1.86 bits per heavy atom. The summed E-state index contributed by atoms with van der Waals surface area (Å²) in [6.45, 7) is 9.01. The molecule has 3 aromatic carbocycles. The summed E-state index contributed by atoms with van der Waals surface area (Å²) in [5, 5.41) is 11.0. The second-order valence-corrected chi connectivity index (χ2v) is 7.80. The van der Waals surface area contributed by atoms with Crippen LogP contribution >= 0.6 is 0 Å². The first-order chi connectivity index (χ1) is 14.1. The summed E-state index contributed by atoms with van der Waals surface area (Å²) in [5.74, 6) is 0.899. The van der Waals surface area contributed by atoms with E-state index in [1.807, 2.05) is 6.92 Å². The van der Waals surface area contributed by atoms with Gasteiger partial charge in [-0.3, -0.25) is 0 Å². The van der Waals surface area contributed by atoms with Crippen molar-refractivity contribution in [2.24, 2.45) is 0 Å². The molecular weight excluding hydrogens is 358 g/mol. The van der Waals surface area contributed by atoms with E-state index in [9.17, 15) is 0 Å². The van der Waals surface area contributed by atoms with Crippen molar-refractivity contribution in [1.29, 1.82) is 0 Å². The highest BCUT2D eigenvalue weighted by molar-refractivity contribution is 5.90. The molecule has 4 heteroatoms. The number of fused-ring (bicyclic) bond motifs is 4. The number of hydrogen-bond donors (Lipinski definition) is 1. The number of hydrogen-bond acceptors (Lipinski definition) is 3. The molecule has 2 heterocycles. The lowest BCUT2D eigenvalue weighted by molar-refractivity contribution is 0.333. The highest BCUT2D eigenvalue weighted by Crippen LogP contribution is 2.44. The highest BCUT2D eigenvalue weighted by Gasteiger charge is 2.30. The molecule has 1 N–H and O–H groups in total. The third-order valence-corrected chi connectivity index (χ3v) is 5.64. The average Bonchev–Trinajstić information content (AvgIpc) is 3.10. The monoisotopic (exact) mass is 383 g/mol. The average molecular weight is 383 g/mol. The lowest BCUT2D eigenvalue weighted by Gasteiger charge is -2.32. The van der Waals surface area contributed by atoms with Crippen molar-refractivity contribution in [3.8, 4) is 17.0 Å². The molecule has 4 nitrogen and oxygen atoms in total. The standard InChI is InChI=1S/C25H25N3O/c1-5-29-22-11-10-18-8-6-7-9-19(18)23(22)25-26-24-16(3)12-15(2)13-20(24)21-14-17(4)27-28(21)25/h6-14,25-26H,5H2,1-4H3. The summed E-state index contributed by atoms with van der Waals surface area (Å²) >= 11 is 0. The fourth-order valence-corrected chi connectivity index (χ4v) is 4.51. The van der Waals surface area contributed by atoms with Gasteiger partial charge < -0.3 is 10.1 Å². The van der Waals surface area contributed by atoms with Gasteiger partial charge in [-0.2, -0.15) is 5.10 Å². The number of anilines is 1. The summed E-state index contributed by atoms with van der Waals surface area (Å²) < 4.78 is 8.19. The van der Waals surface area contributed by atoms with E-state index in [-0.39, 0.29) is 6.17 Å². The lowest BCUT2D eigenvalue weighted by Crippen LogP contribution is -2.27. The number of ether oxygens (including phenoxy) is 1. The van der Waals surface area contributed by atoms with Crippen LogP contribution in [0.1, 0.15) is 35.5 Å². The van der Waals surface area contributed by atoms with Crippen LogP contribution in [0, 0.1) is 20.8 Å². The van der Waals surface area contributed by atoms with Gasteiger partial charge in [-0.15, -0.1) is 0 Å². The molecule has 1 atom stereocenters. The van der Waals surface area contributed by atoms with E-state index < -0.39 is 0 Å². The fourth-order valence-electron chi connectivity index (χ4n) is 4.51. The zero-order valence-electron chi connectivity index (χ0n) is 17.3. The van der Waals surface area contributed by atoms with E-state index in [1.54, 1.807) is 0 Å². The summed E-state index contributed by atoms with van der Waals surface area (Å²) in [6.07, 6.45) is -0.139. The number of rotatable bonds is 3. The number of benzene rings is 3. The Hall–Kier alpha value is -3.27. The molecule has 1 unspecified atom stereocenters. The van der Waals surface area contributed by atoms with E-state index in [0.717, 1.165) is 22.7 Å². The second kappa shape index (κ2) is 6.66. The van der Waals surface area contributed by atoms with E-state index >= 15 is 0 Å². The molecule has 1 aliphatic rings. The van der Waals surface area contributed by atoms with Crippen molar-refractivity contribution in [2.45, 2.75) is 33.9 Å². The van der Waals surface area contributed by atoms with Gasteiger partial charge in [0.15, 0.2) is 6.17 Å². The topological polar surface area (TPSA) is 39.1 Å². The van der Waals surface area contributed by atoms with Crippen LogP contribution in [0.25, 0.3) is 22.0 Å². The number of aromatic nitrogens is 2. The summed E-state index contributed by atoms with van der Waals surface area (Å²) in [5.41, 5.74) is 8.15. The SMILES string of the molecule is CCOc1ccc2ccccc2c1C1Nc2c(C)cc(C)cc2-c2cc(C)nn21. The smallest absolute Gasteiger partial charge is 0.151 e. The quantitative estimate of drug-likeness (QED) is 0.472. The van der Waals surface area contributed by atoms with Crippen LogP contribution in [-0.2, 0) is 0 Å². The number of nitrogens with zero attached hydrogens (tertiary/aromatic N) is 2. The molecule has 0 amide bonds. The molecule has 29 heavy (non-hydrogen) atoms. The third-order valence-electron chi connectivity index (χ3n) is 5.64. The van der Waals surface area contributed by atoms with Gasteiger partial charge in [0, 0.05) is 16.8 Å². The van der Waals surface area contributed by atoms with Gasteiger partial charge in [0.2, 0.25) is 0 Å².